The van der Waals surface area contributed by atoms with Crippen molar-refractivity contribution in [1.29, 1.82) is 0 Å². The highest BCUT2D eigenvalue weighted by Gasteiger charge is 2.61. The maximum Gasteiger partial charge on any atom is 0.364 e. The van der Waals surface area contributed by atoms with Gasteiger partial charge in [-0.2, -0.15) is 0 Å². The van der Waals surface area contributed by atoms with Crippen LogP contribution in [0.15, 0.2) is 0 Å². The van der Waals surface area contributed by atoms with Gasteiger partial charge in [0.25, 0.3) is 5.79 Å². The maximum absolute atomic E-state index is 13.0. The predicted molar refractivity (Wildman–Crippen MR) is 282 cm³/mol. The lowest BCUT2D eigenvalue weighted by molar-refractivity contribution is -0.406. The first-order valence-electron chi connectivity index (χ1n) is 29.1. The molecule has 0 spiro atoms. The average molecular weight is 1350 g/mol. The number of rotatable bonds is 24. The van der Waals surface area contributed by atoms with Gasteiger partial charge in [-0.15, -0.1) is 0 Å². The molecule has 41 nitrogen and oxygen atoms in total. The van der Waals surface area contributed by atoms with Crippen molar-refractivity contribution < 1.29 is 188 Å². The molecule has 3 amide bonds. The Bertz CT molecular complexity index is 2400. The number of carboxylic acid groups (broad SMARTS) is 1. The topological polar surface area (TPSA) is 649 Å². The van der Waals surface area contributed by atoms with Gasteiger partial charge in [0.15, 0.2) is 37.7 Å². The third-order valence-electron chi connectivity index (χ3n) is 16.7. The molecule has 532 valence electrons. The quantitative estimate of drug-likeness (QED) is 0.0427. The Balaban J connectivity index is 1.22. The van der Waals surface area contributed by atoms with E-state index in [4.69, 9.17) is 61.6 Å². The first-order chi connectivity index (χ1) is 43.3. The van der Waals surface area contributed by atoms with Gasteiger partial charge in [-0.25, -0.2) is 4.79 Å². The Morgan fingerprint density at radius 3 is 1.40 bits per heavy atom. The number of amides is 3. The van der Waals surface area contributed by atoms with Crippen molar-refractivity contribution in [3.8, 4) is 0 Å². The number of hydrogen-bond donors (Lipinski definition) is 24. The zero-order valence-corrected chi connectivity index (χ0v) is 49.5. The second-order valence-corrected chi connectivity index (χ2v) is 23.2. The molecule has 0 saturated carbocycles. The highest BCUT2D eigenvalue weighted by Crippen LogP contribution is 2.40. The summed E-state index contributed by atoms with van der Waals surface area (Å²) in [4.78, 5) is 50.6. The minimum atomic E-state index is -3.06. The third kappa shape index (κ3) is 16.4. The Morgan fingerprint density at radius 2 is 0.870 bits per heavy atom. The van der Waals surface area contributed by atoms with E-state index in [2.05, 4.69) is 16.0 Å². The summed E-state index contributed by atoms with van der Waals surface area (Å²) in [6.07, 6.45) is -67.5. The molecule has 0 aromatic heterocycles. The van der Waals surface area contributed by atoms with Crippen molar-refractivity contribution in [1.82, 2.24) is 16.0 Å². The van der Waals surface area contributed by atoms with Gasteiger partial charge < -0.3 is 185 Å². The number of aliphatic carboxylic acids is 1. The predicted octanol–water partition coefficient (Wildman–Crippen LogP) is -15.6. The molecule has 7 fully saturated rings. The molecule has 0 bridgehead atoms. The van der Waals surface area contributed by atoms with Gasteiger partial charge in [-0.05, 0) is 6.92 Å². The van der Waals surface area contributed by atoms with E-state index < -0.39 is 290 Å². The van der Waals surface area contributed by atoms with Gasteiger partial charge >= 0.3 is 5.97 Å². The van der Waals surface area contributed by atoms with Crippen LogP contribution >= 0.6 is 0 Å². The van der Waals surface area contributed by atoms with Crippen molar-refractivity contribution in [2.75, 3.05) is 39.6 Å². The zero-order valence-electron chi connectivity index (χ0n) is 49.5. The second kappa shape index (κ2) is 32.3. The van der Waals surface area contributed by atoms with Gasteiger partial charge in [-0.3, -0.25) is 14.4 Å². The van der Waals surface area contributed by atoms with E-state index in [9.17, 15) is 126 Å². The molecule has 7 aliphatic rings. The molecule has 7 saturated heterocycles. The fraction of sp³-hybridized carbons (Fsp3) is 0.922. The van der Waals surface area contributed by atoms with Crippen LogP contribution < -0.4 is 16.0 Å². The monoisotopic (exact) mass is 1350 g/mol. The van der Waals surface area contributed by atoms with Crippen LogP contribution in [0.1, 0.15) is 34.1 Å². The zero-order chi connectivity index (χ0) is 68.3. The molecule has 1 unspecified atom stereocenters. The number of ether oxygens (including phenoxy) is 13. The minimum absolute atomic E-state index is 0.819. The van der Waals surface area contributed by atoms with Gasteiger partial charge in [0, 0.05) is 27.2 Å². The maximum atomic E-state index is 13.0. The summed E-state index contributed by atoms with van der Waals surface area (Å²) >= 11 is 0. The molecule has 36 atom stereocenters. The molecule has 7 aliphatic heterocycles. The molecule has 0 aromatic rings. The number of carboxylic acids is 1. The summed E-state index contributed by atoms with van der Waals surface area (Å²) in [5.41, 5.74) is 0. The van der Waals surface area contributed by atoms with Crippen molar-refractivity contribution in [2.24, 2.45) is 0 Å². The molecular formula is C51H85N3O38. The van der Waals surface area contributed by atoms with Crippen LogP contribution in [-0.4, -0.2) is 391 Å². The van der Waals surface area contributed by atoms with Gasteiger partial charge in [0.2, 0.25) is 17.7 Å². The summed E-state index contributed by atoms with van der Waals surface area (Å²) in [5.74, 6) is -7.74. The normalized spacial score (nSPS) is 47.6. The highest BCUT2D eigenvalue weighted by atomic mass is 16.8. The summed E-state index contributed by atoms with van der Waals surface area (Å²) in [6.45, 7) is -2.61. The number of carbonyl (C=O) groups excluding carboxylic acids is 3. The third-order valence-corrected chi connectivity index (χ3v) is 16.7. The Morgan fingerprint density at radius 1 is 0.457 bits per heavy atom. The molecule has 0 aromatic carbocycles. The number of aliphatic hydroxyl groups is 20. The molecule has 7 heterocycles. The van der Waals surface area contributed by atoms with Crippen molar-refractivity contribution in [3.05, 3.63) is 0 Å². The van der Waals surface area contributed by atoms with Gasteiger partial charge in [0.05, 0.1) is 57.9 Å². The summed E-state index contributed by atoms with van der Waals surface area (Å²) in [6, 6.07) is -5.43. The largest absolute Gasteiger partial charge is 0.477 e. The van der Waals surface area contributed by atoms with Crippen LogP contribution in [0, 0.1) is 0 Å². The van der Waals surface area contributed by atoms with Crippen LogP contribution in [0.25, 0.3) is 0 Å². The van der Waals surface area contributed by atoms with E-state index in [1.807, 2.05) is 0 Å². The summed E-state index contributed by atoms with van der Waals surface area (Å²) < 4.78 is 76.1. The fourth-order valence-corrected chi connectivity index (χ4v) is 11.7. The van der Waals surface area contributed by atoms with E-state index in [0.29, 0.717) is 0 Å². The van der Waals surface area contributed by atoms with Crippen LogP contribution in [-0.2, 0) is 80.8 Å². The fourth-order valence-electron chi connectivity index (χ4n) is 11.7. The molecule has 7 rings (SSSR count). The number of aliphatic hydroxyl groups excluding tert-OH is 20. The number of hydrogen-bond acceptors (Lipinski definition) is 37. The average Bonchev–Trinajstić information content (AvgIpc) is 0.776. The lowest BCUT2D eigenvalue weighted by Crippen LogP contribution is -2.71. The molecular weight excluding hydrogens is 1260 g/mol. The molecule has 0 aliphatic carbocycles. The SMILES string of the molecule is CC(=O)N[C@H]1[C@@H](O[C@H]2[C@@H](O)[C@@H](CO)O[C@@H](O[C@H]3[C@@H](O)[C@@H](CO)O[C@@H](O[C@H]4[C@@H](O)[C@@H](CO[C@]5(C(=O)O)C[C@H](O)[C@@H](NC(C)=O)[C@H]([C@H](O)[C@H](O)CO)O5)OC(O)[C@@H]4NC(C)=O)[C@@H]3O)[C@@H]2O[C@@H]2O[C@@H](C)[C@@H](O)[C@@H](O)[C@@H]2O)O[C@H](CO)[C@H](O)[C@@H]1O[C@H]1O[C@H](CO)[C@H](O)[C@H](O)[C@H]1O. The van der Waals surface area contributed by atoms with Crippen LogP contribution in [0.5, 0.6) is 0 Å². The van der Waals surface area contributed by atoms with E-state index in [1.165, 1.54) is 6.92 Å². The summed E-state index contributed by atoms with van der Waals surface area (Å²) in [7, 11) is 0. The van der Waals surface area contributed by atoms with Crippen LogP contribution in [0.4, 0.5) is 0 Å². The standard InChI is InChI=1S/C51H85N3O38/c1-12-26(65)33(72)35(74)46(81-12)91-43-42(90-45-25(54-15(4)62)39(29(68)19(8-57)83-45)88-47-36(75)34(73)28(67)18(7-56)84-47)31(70)21(10-59)86-49(43)89-41-30(69)20(9-58)85-48(37(41)76)87-38-24(53-14(3)61)44(77)82-22(32(38)71)11-80-51(50(78)79)5-16(63)23(52-13(2)60)40(92-51)27(66)17(64)6-55/h12,16-49,55-59,63-77H,5-11H2,1-4H3,(H,52,60)(H,53,61)(H,54,62)(H,78,79)/t12-,16-,17+,18+,19+,20+,21+,22+,23+,24+,25+,26+,27+,28-,29-,30-,31-,32-,33+,34-,35-,36+,37+,38+,39+,40+,41-,42-,43+,44?,45+,46-,47+,48-,49-,51+/m0/s1. The van der Waals surface area contributed by atoms with Crippen molar-refractivity contribution in [3.63, 3.8) is 0 Å². The van der Waals surface area contributed by atoms with E-state index in [1.54, 1.807) is 0 Å². The Hall–Kier alpha value is -3.44. The molecule has 41 heteroatoms. The summed E-state index contributed by atoms with van der Waals surface area (Å²) in [5, 5.41) is 237. The Kier molecular flexibility index (Phi) is 26.6. The van der Waals surface area contributed by atoms with Crippen molar-refractivity contribution in [2.45, 2.75) is 254 Å². The van der Waals surface area contributed by atoms with E-state index >= 15 is 0 Å². The lowest BCUT2D eigenvalue weighted by atomic mass is 9.88. The molecule has 0 radical (unpaired) electrons. The van der Waals surface area contributed by atoms with E-state index in [0.717, 1.165) is 20.8 Å². The smallest absolute Gasteiger partial charge is 0.364 e. The minimum Gasteiger partial charge on any atom is -0.477 e. The van der Waals surface area contributed by atoms with Gasteiger partial charge in [-0.1, -0.05) is 0 Å². The lowest BCUT2D eigenvalue weighted by Gasteiger charge is -2.52. The Labute approximate surface area is 520 Å². The van der Waals surface area contributed by atoms with Gasteiger partial charge in [0.1, 0.15) is 159 Å². The van der Waals surface area contributed by atoms with Crippen molar-refractivity contribution >= 4 is 23.7 Å². The first-order valence-corrected chi connectivity index (χ1v) is 29.1. The van der Waals surface area contributed by atoms with E-state index in [-0.39, 0.29) is 0 Å². The molecule has 92 heavy (non-hydrogen) atoms. The first kappa shape index (κ1) is 75.9. The number of nitrogens with one attached hydrogen (secondary N) is 3. The van der Waals surface area contributed by atoms with Crippen LogP contribution in [0.2, 0.25) is 0 Å². The highest BCUT2D eigenvalue weighted by molar-refractivity contribution is 5.77. The molecule has 24 N–H and O–H groups in total. The van der Waals surface area contributed by atoms with Crippen LogP contribution in [0.3, 0.4) is 0 Å². The second-order valence-electron chi connectivity index (χ2n) is 23.2. The number of carbonyl (C=O) groups is 4.